The Labute approximate surface area is 830 Å². The third-order valence-corrected chi connectivity index (χ3v) is 29.6. The number of rotatable bonds is 37. The second-order valence-electron chi connectivity index (χ2n) is 33.7. The van der Waals surface area contributed by atoms with E-state index in [1.165, 1.54) is 124 Å². The molecule has 0 bridgehead atoms. The van der Waals surface area contributed by atoms with Crippen molar-refractivity contribution in [3.05, 3.63) is 257 Å². The minimum atomic E-state index is -4.10. The van der Waals surface area contributed by atoms with E-state index in [0.29, 0.717) is 122 Å². The van der Waals surface area contributed by atoms with Crippen LogP contribution in [0.2, 0.25) is 5.02 Å². The summed E-state index contributed by atoms with van der Waals surface area (Å²) < 4.78 is 188. The van der Waals surface area contributed by atoms with Crippen molar-refractivity contribution in [2.75, 3.05) is 137 Å². The maximum absolute atomic E-state index is 13.5. The summed E-state index contributed by atoms with van der Waals surface area (Å²) in [7, 11) is -17.2. The highest BCUT2D eigenvalue weighted by Gasteiger charge is 2.36. The van der Waals surface area contributed by atoms with Gasteiger partial charge >= 0.3 is 80.7 Å². The van der Waals surface area contributed by atoms with Crippen molar-refractivity contribution in [2.45, 2.75) is 151 Å². The highest BCUT2D eigenvalue weighted by Crippen LogP contribution is 2.36. The fourth-order valence-electron chi connectivity index (χ4n) is 15.4. The summed E-state index contributed by atoms with van der Waals surface area (Å²) >= 11 is 5.96. The molecule has 5 fully saturated rings. The summed E-state index contributed by atoms with van der Waals surface area (Å²) in [5, 5.41) is 0.403. The zero-order valence-electron chi connectivity index (χ0n) is 80.6. The lowest BCUT2D eigenvalue weighted by Gasteiger charge is -2.18. The van der Waals surface area contributed by atoms with Crippen LogP contribution < -0.4 is 54.9 Å². The largest absolute Gasteiger partial charge is 0.493 e. The summed E-state index contributed by atoms with van der Waals surface area (Å²) in [5.41, 5.74) is 5.85. The van der Waals surface area contributed by atoms with Gasteiger partial charge < -0.3 is 54.9 Å². The molecule has 40 heteroatoms. The maximum atomic E-state index is 13.5. The van der Waals surface area contributed by atoms with Crippen LogP contribution in [0.15, 0.2) is 243 Å². The third-order valence-electron chi connectivity index (χ3n) is 23.1. The molecule has 756 valence electrons. The predicted octanol–water partition coefficient (Wildman–Crippen LogP) is 19.7. The topological polar surface area (TPSA) is 353 Å². The quantitative estimate of drug-likeness (QED) is 0.0326. The molecule has 0 saturated carbocycles. The number of amides is 10. The number of aryl methyl sites for hydroxylation is 4. The number of halogens is 3. The first-order valence-corrected chi connectivity index (χ1v) is 53.8. The lowest BCUT2D eigenvalue weighted by molar-refractivity contribution is 0.219. The molecular weight excluding hydrogens is 1940 g/mol. The number of methoxy groups -OCH3 is 2. The predicted molar refractivity (Wildman–Crippen MR) is 537 cm³/mol. The molecule has 32 nitrogen and oxygen atoms in total. The molecule has 0 aliphatic carbocycles. The van der Waals surface area contributed by atoms with E-state index in [9.17, 15) is 74.8 Å². The van der Waals surface area contributed by atoms with Crippen molar-refractivity contribution < 1.29 is 105 Å². The van der Waals surface area contributed by atoms with Crippen molar-refractivity contribution in [3.63, 3.8) is 0 Å². The van der Waals surface area contributed by atoms with Gasteiger partial charge in [0.2, 0.25) is 0 Å². The van der Waals surface area contributed by atoms with Gasteiger partial charge in [-0.25, -0.2) is 32.8 Å². The van der Waals surface area contributed by atoms with Crippen LogP contribution in [-0.2, 0) is 50.6 Å². The number of carbonyl (C=O) groups is 5. The third kappa shape index (κ3) is 29.2. The minimum Gasteiger partial charge on any atom is -0.493 e. The molecule has 10 aromatic rings. The smallest absolute Gasteiger partial charge is 0.339 e. The number of nitrogens with zero attached hydrogens (tertiary/aromatic N) is 10. The van der Waals surface area contributed by atoms with E-state index in [0.717, 1.165) is 120 Å². The van der Waals surface area contributed by atoms with E-state index in [1.807, 2.05) is 27.7 Å². The Morgan fingerprint density at radius 1 is 0.284 bits per heavy atom. The summed E-state index contributed by atoms with van der Waals surface area (Å²) in [6, 6.07) is 53.8. The number of ether oxygens (including phenoxy) is 2. The van der Waals surface area contributed by atoms with Crippen LogP contribution in [0.4, 0.5) is 61.2 Å². The number of unbranched alkanes of at least 4 members (excludes halogenated alkanes) is 5. The first-order chi connectivity index (χ1) is 67.2. The van der Waals surface area contributed by atoms with E-state index in [1.54, 1.807) is 145 Å². The molecule has 15 rings (SSSR count). The molecular formula is C101H119ClF2N10O22S5. The number of hydrogen-bond donors (Lipinski definition) is 0. The van der Waals surface area contributed by atoms with Crippen molar-refractivity contribution in [2.24, 2.45) is 0 Å². The van der Waals surface area contributed by atoms with E-state index >= 15 is 0 Å². The number of benzene rings is 10. The summed E-state index contributed by atoms with van der Waals surface area (Å²) in [5.74, 6) is 0.342. The zero-order chi connectivity index (χ0) is 102. The summed E-state index contributed by atoms with van der Waals surface area (Å²) in [6.45, 7) is 27.2. The summed E-state index contributed by atoms with van der Waals surface area (Å²) in [6.07, 6.45) is 9.94. The monoisotopic (exact) mass is 2060 g/mol. The van der Waals surface area contributed by atoms with Crippen molar-refractivity contribution in [1.29, 1.82) is 0 Å². The van der Waals surface area contributed by atoms with Crippen LogP contribution in [0.1, 0.15) is 121 Å². The molecule has 5 aliphatic heterocycles. The van der Waals surface area contributed by atoms with E-state index < -0.39 is 62.2 Å². The Kier molecular flexibility index (Phi) is 38.0. The molecule has 5 heterocycles. The Morgan fingerprint density at radius 2 is 0.553 bits per heavy atom. The van der Waals surface area contributed by atoms with Crippen LogP contribution in [0.25, 0.3) is 0 Å². The standard InChI is InChI=1S/C21H26N2O6S.C20H23ClN2O4S.2C20H23FN2O4S.C20H24N2O4S/c1-4-5-12-22-13-14-23(21(22)24)16-6-9-18(10-7-16)30(25,26)29-17-8-11-19(27-2)20(15-17)28-3;1-3-4-9-22-10-11-23(20(22)24)17-5-7-19(8-6-17)28(25,26)27-18-13-15(2)12-16(21)14-18;1-3-4-11-22-12-13-23(20(22)24)16-5-8-18(9-6-16)28(25,26)27-17-7-10-19(21)15(2)14-17;1-3-4-9-22-10-11-23(20(22)24)17-5-7-19(8-6-17)28(25,26)27-18-13-15(2)12-16(21)14-18;1-3-4-12-21-13-14-22(20(21)23)17-8-10-19(11-9-17)27(24,25)26-18-7-5-6-16(2)15-18/h6-11,15H,4-5,12-14H2,1-3H3;5-8,12-14H,3-4,9-11H2,1-2H3;5-10,14H,3-4,11-13H2,1-2H3;5-8,12-14H,3-4,9-11H2,1-2H3;5-11,15H,3-4,12-14H2,1-2H3. The fourth-order valence-corrected chi connectivity index (χ4v) is 20.3. The fraction of sp³-hybridized carbons (Fsp3) is 0.356. The van der Waals surface area contributed by atoms with Gasteiger partial charge in [-0.1, -0.05) is 90.5 Å². The Balaban J connectivity index is 0.000000169. The van der Waals surface area contributed by atoms with Crippen LogP contribution in [0.3, 0.4) is 0 Å². The summed E-state index contributed by atoms with van der Waals surface area (Å²) in [4.78, 5) is 79.7. The normalized spacial score (nSPS) is 14.5. The van der Waals surface area contributed by atoms with Gasteiger partial charge in [0.15, 0.2) is 11.5 Å². The van der Waals surface area contributed by atoms with Crippen LogP contribution in [-0.4, -0.2) is 209 Å². The molecule has 0 unspecified atom stereocenters. The molecule has 10 amide bonds. The number of urea groups is 5. The Morgan fingerprint density at radius 3 is 0.830 bits per heavy atom. The van der Waals surface area contributed by atoms with Gasteiger partial charge in [-0.05, 0) is 270 Å². The Hall–Kier alpha value is -13.0. The number of anilines is 5. The molecule has 5 aliphatic rings. The van der Waals surface area contributed by atoms with Gasteiger partial charge in [0.1, 0.15) is 64.9 Å². The molecule has 0 atom stereocenters. The number of carbonyl (C=O) groups excluding carboxylic acids is 5. The van der Waals surface area contributed by atoms with Crippen LogP contribution >= 0.6 is 11.6 Å². The highest BCUT2D eigenvalue weighted by atomic mass is 35.5. The van der Waals surface area contributed by atoms with Gasteiger partial charge in [0.05, 0.1) is 14.2 Å². The van der Waals surface area contributed by atoms with Gasteiger partial charge in [-0.2, -0.15) is 42.1 Å². The maximum Gasteiger partial charge on any atom is 0.339 e. The zero-order valence-corrected chi connectivity index (χ0v) is 85.4. The minimum absolute atomic E-state index is 0.00415. The second-order valence-corrected chi connectivity index (χ2v) is 41.9. The molecule has 5 saturated heterocycles. The first-order valence-electron chi connectivity index (χ1n) is 46.4. The van der Waals surface area contributed by atoms with Crippen molar-refractivity contribution in [1.82, 2.24) is 24.5 Å². The van der Waals surface area contributed by atoms with E-state index in [4.69, 9.17) is 42.0 Å². The first kappa shape index (κ1) is 108. The molecule has 0 radical (unpaired) electrons. The molecule has 10 aromatic carbocycles. The molecule has 0 N–H and O–H groups in total. The second kappa shape index (κ2) is 49.4. The van der Waals surface area contributed by atoms with Crippen molar-refractivity contribution in [3.8, 4) is 40.2 Å². The lowest BCUT2D eigenvalue weighted by atomic mass is 10.2. The van der Waals surface area contributed by atoms with Gasteiger partial charge in [-0.15, -0.1) is 0 Å². The van der Waals surface area contributed by atoms with Crippen molar-refractivity contribution >= 4 is 121 Å². The molecule has 0 aromatic heterocycles. The number of hydrogen-bond acceptors (Lipinski definition) is 22. The SMILES string of the molecule is CCCCN1CCN(c2ccc(S(=O)(=O)Oc3cc(C)cc(Cl)c3)cc2)C1=O.CCCCN1CCN(c2ccc(S(=O)(=O)Oc3cc(C)cc(F)c3)cc2)C1=O.CCCCN1CCN(c2ccc(S(=O)(=O)Oc3ccc(F)c(C)c3)cc2)C1=O.CCCCN1CCN(c2ccc(S(=O)(=O)Oc3ccc(OC)c(OC)c3)cc2)C1=O.CCCCN1CCN(c2ccc(S(=O)(=O)Oc3cccc(C)c3)cc2)C1=O. The van der Waals surface area contributed by atoms with Gasteiger partial charge in [-0.3, -0.25) is 24.5 Å². The average Bonchev–Trinajstić information content (AvgIpc) is 1.73. The molecule has 141 heavy (non-hydrogen) atoms. The van der Waals surface area contributed by atoms with E-state index in [2.05, 4.69) is 34.6 Å². The Bertz CT molecular complexity index is 6430. The average molecular weight is 2060 g/mol. The van der Waals surface area contributed by atoms with Crippen LogP contribution in [0, 0.1) is 39.3 Å². The van der Waals surface area contributed by atoms with E-state index in [-0.39, 0.29) is 83.4 Å². The van der Waals surface area contributed by atoms with Gasteiger partial charge in [0.25, 0.3) is 0 Å². The van der Waals surface area contributed by atoms with Gasteiger partial charge in [0, 0.05) is 150 Å². The lowest BCUT2D eigenvalue weighted by Crippen LogP contribution is -2.32. The van der Waals surface area contributed by atoms with Crippen LogP contribution in [0.5, 0.6) is 40.2 Å². The molecule has 0 spiro atoms. The highest BCUT2D eigenvalue weighted by molar-refractivity contribution is 7.88.